The van der Waals surface area contributed by atoms with Gasteiger partial charge in [-0.05, 0) is 40.5 Å². The van der Waals surface area contributed by atoms with Crippen LogP contribution in [0.5, 0.6) is 0 Å². The maximum atomic E-state index is 12.2. The van der Waals surface area contributed by atoms with Crippen molar-refractivity contribution in [3.63, 3.8) is 0 Å². The molecule has 0 radical (unpaired) electrons. The maximum absolute atomic E-state index is 12.2. The largest absolute Gasteiger partial charge is 0.466 e. The molecule has 1 aromatic carbocycles. The Hall–Kier alpha value is -1.57. The number of anilines is 1. The van der Waals surface area contributed by atoms with Crippen LogP contribution < -0.4 is 4.90 Å². The van der Waals surface area contributed by atoms with E-state index in [9.17, 15) is 9.59 Å². The lowest BCUT2D eigenvalue weighted by Gasteiger charge is -2.31. The summed E-state index contributed by atoms with van der Waals surface area (Å²) in [4.78, 5) is 25.7. The van der Waals surface area contributed by atoms with Gasteiger partial charge in [0.1, 0.15) is 12.4 Å². The van der Waals surface area contributed by atoms with Crippen LogP contribution in [0.15, 0.2) is 27.9 Å². The summed E-state index contributed by atoms with van der Waals surface area (Å²) in [6.45, 7) is 1.92. The Balaban J connectivity index is 2.59. The average molecular weight is 405 g/mol. The van der Waals surface area contributed by atoms with E-state index in [4.69, 9.17) is 25.8 Å². The number of hydrogen-bond acceptors (Lipinski definition) is 6. The lowest BCUT2D eigenvalue weighted by molar-refractivity contribution is -0.140. The van der Waals surface area contributed by atoms with Crippen molar-refractivity contribution in [2.45, 2.75) is 6.92 Å². The number of methoxy groups -OCH3 is 2. The van der Waals surface area contributed by atoms with Gasteiger partial charge >= 0.3 is 11.9 Å². The Morgan fingerprint density at radius 2 is 1.91 bits per heavy atom. The molecule has 8 heteroatoms. The molecule has 0 spiro atoms. The smallest absolute Gasteiger partial charge is 0.355 e. The molecule has 0 bridgehead atoms. The molecule has 0 fully saturated rings. The summed E-state index contributed by atoms with van der Waals surface area (Å²) in [5, 5.41) is 0.481. The predicted octanol–water partition coefficient (Wildman–Crippen LogP) is 2.81. The first-order valence-electron chi connectivity index (χ1n) is 6.61. The van der Waals surface area contributed by atoms with Crippen molar-refractivity contribution in [3.05, 3.63) is 38.5 Å². The SMILES string of the molecule is COC(=O)C1=C(C(=O)OC)N(c2cc(C)c(Br)c(Cl)c2)COC1. The molecule has 0 N–H and O–H groups in total. The minimum atomic E-state index is -0.648. The van der Waals surface area contributed by atoms with Crippen LogP contribution in [0.1, 0.15) is 5.56 Å². The highest BCUT2D eigenvalue weighted by molar-refractivity contribution is 9.10. The number of hydrogen-bond donors (Lipinski definition) is 0. The number of aryl methyl sites for hydroxylation is 1. The molecule has 0 aliphatic carbocycles. The number of ether oxygens (including phenoxy) is 3. The Morgan fingerprint density at radius 1 is 1.26 bits per heavy atom. The van der Waals surface area contributed by atoms with Crippen LogP contribution >= 0.6 is 27.5 Å². The average Bonchev–Trinajstić information content (AvgIpc) is 2.57. The van der Waals surface area contributed by atoms with Crippen molar-refractivity contribution in [2.24, 2.45) is 0 Å². The summed E-state index contributed by atoms with van der Waals surface area (Å²) >= 11 is 9.57. The molecule has 23 heavy (non-hydrogen) atoms. The van der Waals surface area contributed by atoms with Crippen LogP contribution in [0, 0.1) is 6.92 Å². The zero-order valence-corrected chi connectivity index (χ0v) is 15.2. The van der Waals surface area contributed by atoms with Gasteiger partial charge in [0.05, 0.1) is 31.4 Å². The van der Waals surface area contributed by atoms with E-state index in [0.29, 0.717) is 10.7 Å². The lowest BCUT2D eigenvalue weighted by Crippen LogP contribution is -2.38. The number of carbonyl (C=O) groups excluding carboxylic acids is 2. The van der Waals surface area contributed by atoms with E-state index in [1.807, 2.05) is 13.0 Å². The van der Waals surface area contributed by atoms with Gasteiger partial charge in [0.15, 0.2) is 0 Å². The van der Waals surface area contributed by atoms with E-state index in [1.165, 1.54) is 19.1 Å². The van der Waals surface area contributed by atoms with E-state index >= 15 is 0 Å². The molecular weight excluding hydrogens is 390 g/mol. The Bertz CT molecular complexity index is 665. The number of nitrogens with zero attached hydrogens (tertiary/aromatic N) is 1. The van der Waals surface area contributed by atoms with Crippen molar-refractivity contribution >= 4 is 45.2 Å². The second-order valence-corrected chi connectivity index (χ2v) is 5.97. The molecule has 0 saturated carbocycles. The monoisotopic (exact) mass is 403 g/mol. The summed E-state index contributed by atoms with van der Waals surface area (Å²) in [7, 11) is 2.49. The van der Waals surface area contributed by atoms with Gasteiger partial charge in [-0.1, -0.05) is 11.6 Å². The van der Waals surface area contributed by atoms with E-state index in [2.05, 4.69) is 15.9 Å². The third kappa shape index (κ3) is 3.52. The fourth-order valence-electron chi connectivity index (χ4n) is 2.21. The van der Waals surface area contributed by atoms with E-state index < -0.39 is 11.9 Å². The van der Waals surface area contributed by atoms with Crippen molar-refractivity contribution < 1.29 is 23.8 Å². The molecule has 0 unspecified atom stereocenters. The number of halogens is 2. The van der Waals surface area contributed by atoms with E-state index in [-0.39, 0.29) is 24.6 Å². The van der Waals surface area contributed by atoms with Gasteiger partial charge in [-0.2, -0.15) is 0 Å². The fourth-order valence-corrected chi connectivity index (χ4v) is 2.70. The molecule has 1 aliphatic heterocycles. The molecule has 124 valence electrons. The number of benzene rings is 1. The summed E-state index contributed by atoms with van der Waals surface area (Å²) in [5.74, 6) is -1.29. The van der Waals surface area contributed by atoms with Crippen LogP contribution in [-0.4, -0.2) is 39.5 Å². The predicted molar refractivity (Wildman–Crippen MR) is 88.2 cm³/mol. The lowest BCUT2D eigenvalue weighted by atomic mass is 10.1. The summed E-state index contributed by atoms with van der Waals surface area (Å²) in [5.41, 5.74) is 1.67. The topological polar surface area (TPSA) is 65.1 Å². The minimum Gasteiger partial charge on any atom is -0.466 e. The summed E-state index contributed by atoms with van der Waals surface area (Å²) in [6, 6.07) is 3.49. The number of esters is 2. The van der Waals surface area contributed by atoms with Gasteiger partial charge in [0, 0.05) is 10.2 Å². The van der Waals surface area contributed by atoms with Crippen molar-refractivity contribution in [2.75, 3.05) is 32.5 Å². The van der Waals surface area contributed by atoms with E-state index in [0.717, 1.165) is 10.0 Å². The zero-order valence-electron chi connectivity index (χ0n) is 12.8. The Labute approximate surface area is 147 Å². The molecular formula is C15H15BrClNO5. The van der Waals surface area contributed by atoms with Gasteiger partial charge in [-0.15, -0.1) is 0 Å². The molecule has 1 aromatic rings. The normalized spacial score (nSPS) is 14.7. The van der Waals surface area contributed by atoms with Gasteiger partial charge in [0.25, 0.3) is 0 Å². The van der Waals surface area contributed by atoms with Crippen molar-refractivity contribution in [1.82, 2.24) is 0 Å². The van der Waals surface area contributed by atoms with Gasteiger partial charge in [0.2, 0.25) is 0 Å². The van der Waals surface area contributed by atoms with Crippen LogP contribution in [0.4, 0.5) is 5.69 Å². The molecule has 1 heterocycles. The zero-order chi connectivity index (χ0) is 17.1. The van der Waals surface area contributed by atoms with Crippen molar-refractivity contribution in [1.29, 1.82) is 0 Å². The Morgan fingerprint density at radius 3 is 2.48 bits per heavy atom. The second-order valence-electron chi connectivity index (χ2n) is 4.77. The molecule has 0 atom stereocenters. The quantitative estimate of drug-likeness (QED) is 0.722. The van der Waals surface area contributed by atoms with Crippen LogP contribution in [0.2, 0.25) is 5.02 Å². The van der Waals surface area contributed by atoms with Crippen LogP contribution in [0.3, 0.4) is 0 Å². The first kappa shape index (κ1) is 17.8. The van der Waals surface area contributed by atoms with Gasteiger partial charge in [-0.25, -0.2) is 9.59 Å². The minimum absolute atomic E-state index is 0.0309. The summed E-state index contributed by atoms with van der Waals surface area (Å²) < 4.78 is 15.7. The molecule has 2 rings (SSSR count). The molecule has 0 amide bonds. The molecule has 0 aromatic heterocycles. The fraction of sp³-hybridized carbons (Fsp3) is 0.333. The second kappa shape index (κ2) is 7.33. The van der Waals surface area contributed by atoms with E-state index in [1.54, 1.807) is 6.07 Å². The first-order chi connectivity index (χ1) is 10.9. The molecule has 1 aliphatic rings. The Kier molecular flexibility index (Phi) is 5.67. The highest BCUT2D eigenvalue weighted by Crippen LogP contribution is 2.34. The highest BCUT2D eigenvalue weighted by atomic mass is 79.9. The molecule has 0 saturated heterocycles. The maximum Gasteiger partial charge on any atom is 0.355 e. The van der Waals surface area contributed by atoms with Gasteiger partial charge in [-0.3, -0.25) is 0 Å². The molecule has 6 nitrogen and oxygen atoms in total. The first-order valence-corrected chi connectivity index (χ1v) is 7.78. The third-order valence-corrected chi connectivity index (χ3v) is 4.92. The number of rotatable bonds is 3. The van der Waals surface area contributed by atoms with Crippen LogP contribution in [-0.2, 0) is 23.8 Å². The highest BCUT2D eigenvalue weighted by Gasteiger charge is 2.32. The van der Waals surface area contributed by atoms with Crippen LogP contribution in [0.25, 0.3) is 0 Å². The standard InChI is InChI=1S/C15H15BrClNO5/c1-8-4-9(5-11(17)12(8)16)18-7-23-6-10(14(19)21-2)13(18)15(20)22-3/h4-5H,6-7H2,1-3H3. The third-order valence-electron chi connectivity index (χ3n) is 3.34. The van der Waals surface area contributed by atoms with Gasteiger partial charge < -0.3 is 19.1 Å². The number of carbonyl (C=O) groups is 2. The summed E-state index contributed by atoms with van der Waals surface area (Å²) in [6.07, 6.45) is 0. The van der Waals surface area contributed by atoms with Crippen molar-refractivity contribution in [3.8, 4) is 0 Å².